The van der Waals surface area contributed by atoms with E-state index >= 15 is 0 Å². The van der Waals surface area contributed by atoms with Gasteiger partial charge in [-0.3, -0.25) is 0 Å². The molecule has 0 unspecified atom stereocenters. The fraction of sp³-hybridized carbons (Fsp3) is 0.100. The van der Waals surface area contributed by atoms with E-state index in [9.17, 15) is 0 Å². The molecule has 96 valence electrons. The molecule has 0 saturated heterocycles. The third kappa shape index (κ3) is 1.94. The van der Waals surface area contributed by atoms with Gasteiger partial charge in [0.15, 0.2) is 0 Å². The molecular weight excluding hydrogens is 240 g/mol. The highest BCUT2D eigenvalue weighted by atomic mass is 14.2. The van der Waals surface area contributed by atoms with E-state index in [4.69, 9.17) is 0 Å². The lowest BCUT2D eigenvalue weighted by atomic mass is 10.00. The first-order valence-electron chi connectivity index (χ1n) is 7.18. The Morgan fingerprint density at radius 3 is 2.20 bits per heavy atom. The molecule has 3 aromatic carbocycles. The average molecular weight is 256 g/mol. The number of benzene rings is 3. The van der Waals surface area contributed by atoms with Crippen LogP contribution < -0.4 is 0 Å². The summed E-state index contributed by atoms with van der Waals surface area (Å²) >= 11 is 0. The predicted octanol–water partition coefficient (Wildman–Crippen LogP) is 5.33. The molecule has 3 aromatic rings. The van der Waals surface area contributed by atoms with Crippen LogP contribution in [0.15, 0.2) is 66.7 Å². The molecule has 0 radical (unpaired) electrons. The van der Waals surface area contributed by atoms with Crippen LogP contribution in [0.5, 0.6) is 0 Å². The van der Waals surface area contributed by atoms with Gasteiger partial charge in [0.2, 0.25) is 0 Å². The first kappa shape index (κ1) is 11.5. The van der Waals surface area contributed by atoms with Gasteiger partial charge >= 0.3 is 0 Å². The normalized spacial score (nSPS) is 15.7. The van der Waals surface area contributed by atoms with E-state index in [2.05, 4.69) is 72.8 Å². The van der Waals surface area contributed by atoms with E-state index in [0.717, 1.165) is 6.42 Å². The summed E-state index contributed by atoms with van der Waals surface area (Å²) in [6.45, 7) is 0. The smallest absolute Gasteiger partial charge is 0.0178 e. The second-order valence-corrected chi connectivity index (χ2v) is 5.44. The van der Waals surface area contributed by atoms with Crippen LogP contribution in [0.2, 0.25) is 0 Å². The summed E-state index contributed by atoms with van der Waals surface area (Å²) in [6, 6.07) is 24.0. The van der Waals surface area contributed by atoms with Crippen molar-refractivity contribution in [3.63, 3.8) is 0 Å². The summed E-state index contributed by atoms with van der Waals surface area (Å²) in [5.41, 5.74) is 5.69. The topological polar surface area (TPSA) is 0 Å². The standard InChI is InChI=1S/C20H16/c1-2-6-15(7-3-1)12-18-10-11-19-13-16-8-4-5-9-17(16)14-20(18)19/h1-9,12-14H,10-11H2/b18-12+. The number of hydrogen-bond acceptors (Lipinski definition) is 0. The van der Waals surface area contributed by atoms with Crippen LogP contribution >= 0.6 is 0 Å². The van der Waals surface area contributed by atoms with Gasteiger partial charge in [-0.15, -0.1) is 0 Å². The minimum atomic E-state index is 1.15. The van der Waals surface area contributed by atoms with Crippen LogP contribution in [-0.4, -0.2) is 0 Å². The number of rotatable bonds is 1. The summed E-state index contributed by atoms with van der Waals surface area (Å²) in [4.78, 5) is 0. The quantitative estimate of drug-likeness (QED) is 0.552. The molecular formula is C20H16. The summed E-state index contributed by atoms with van der Waals surface area (Å²) in [5, 5.41) is 2.69. The average Bonchev–Trinajstić information content (AvgIpc) is 2.88. The van der Waals surface area contributed by atoms with Gasteiger partial charge in [-0.1, -0.05) is 66.7 Å². The van der Waals surface area contributed by atoms with Crippen LogP contribution in [0.4, 0.5) is 0 Å². The maximum absolute atomic E-state index is 2.36. The van der Waals surface area contributed by atoms with Crippen LogP contribution in [0.25, 0.3) is 22.4 Å². The molecule has 0 heteroatoms. The van der Waals surface area contributed by atoms with Crippen molar-refractivity contribution in [2.45, 2.75) is 12.8 Å². The van der Waals surface area contributed by atoms with Crippen LogP contribution in [-0.2, 0) is 6.42 Å². The molecule has 0 fully saturated rings. The van der Waals surface area contributed by atoms with E-state index in [0.29, 0.717) is 0 Å². The monoisotopic (exact) mass is 256 g/mol. The van der Waals surface area contributed by atoms with Gasteiger partial charge in [0, 0.05) is 0 Å². The zero-order chi connectivity index (χ0) is 13.4. The molecule has 0 amide bonds. The van der Waals surface area contributed by atoms with Crippen molar-refractivity contribution in [3.8, 4) is 0 Å². The Hall–Kier alpha value is -2.34. The van der Waals surface area contributed by atoms with Crippen LogP contribution in [0.1, 0.15) is 23.1 Å². The number of aryl methyl sites for hydroxylation is 1. The Kier molecular flexibility index (Phi) is 2.67. The molecule has 0 N–H and O–H groups in total. The van der Waals surface area contributed by atoms with E-state index in [-0.39, 0.29) is 0 Å². The Morgan fingerprint density at radius 1 is 0.700 bits per heavy atom. The minimum absolute atomic E-state index is 1.15. The number of hydrogen-bond donors (Lipinski definition) is 0. The maximum atomic E-state index is 2.36. The van der Waals surface area contributed by atoms with Crippen LogP contribution in [0.3, 0.4) is 0 Å². The highest BCUT2D eigenvalue weighted by molar-refractivity contribution is 5.93. The molecule has 0 atom stereocenters. The second kappa shape index (κ2) is 4.64. The van der Waals surface area contributed by atoms with Crippen LogP contribution in [0, 0.1) is 0 Å². The zero-order valence-electron chi connectivity index (χ0n) is 11.3. The summed E-state index contributed by atoms with van der Waals surface area (Å²) in [5.74, 6) is 0. The Morgan fingerprint density at radius 2 is 1.40 bits per heavy atom. The minimum Gasteiger partial charge on any atom is -0.0622 e. The van der Waals surface area contributed by atoms with Crippen molar-refractivity contribution in [1.29, 1.82) is 0 Å². The van der Waals surface area contributed by atoms with Crippen molar-refractivity contribution in [3.05, 3.63) is 83.4 Å². The van der Waals surface area contributed by atoms with Gasteiger partial charge in [-0.25, -0.2) is 0 Å². The molecule has 1 aliphatic carbocycles. The largest absolute Gasteiger partial charge is 0.0622 e. The van der Waals surface area contributed by atoms with Gasteiger partial charge < -0.3 is 0 Å². The van der Waals surface area contributed by atoms with Crippen molar-refractivity contribution < 1.29 is 0 Å². The van der Waals surface area contributed by atoms with Crippen molar-refractivity contribution >= 4 is 22.4 Å². The molecule has 1 aliphatic rings. The third-order valence-electron chi connectivity index (χ3n) is 4.12. The lowest BCUT2D eigenvalue weighted by Gasteiger charge is -2.05. The Bertz CT molecular complexity index is 795. The molecule has 0 heterocycles. The van der Waals surface area contributed by atoms with Gasteiger partial charge in [0.1, 0.15) is 0 Å². The lowest BCUT2D eigenvalue weighted by molar-refractivity contribution is 1.09. The van der Waals surface area contributed by atoms with E-state index < -0.39 is 0 Å². The van der Waals surface area contributed by atoms with E-state index in [1.807, 2.05) is 0 Å². The van der Waals surface area contributed by atoms with Crippen molar-refractivity contribution in [2.24, 2.45) is 0 Å². The highest BCUT2D eigenvalue weighted by Gasteiger charge is 2.16. The molecule has 4 rings (SSSR count). The second-order valence-electron chi connectivity index (χ2n) is 5.44. The zero-order valence-corrected chi connectivity index (χ0v) is 11.3. The molecule has 0 aliphatic heterocycles. The molecule has 0 nitrogen and oxygen atoms in total. The maximum Gasteiger partial charge on any atom is -0.0178 e. The summed E-state index contributed by atoms with van der Waals surface area (Å²) in [7, 11) is 0. The highest BCUT2D eigenvalue weighted by Crippen LogP contribution is 2.36. The third-order valence-corrected chi connectivity index (χ3v) is 4.12. The van der Waals surface area contributed by atoms with Gasteiger partial charge in [0.25, 0.3) is 0 Å². The summed E-state index contributed by atoms with van der Waals surface area (Å²) in [6.07, 6.45) is 4.65. The number of fused-ring (bicyclic) bond motifs is 2. The fourth-order valence-corrected chi connectivity index (χ4v) is 3.10. The first-order chi connectivity index (χ1) is 9.90. The Balaban J connectivity index is 1.85. The Labute approximate surface area is 119 Å². The van der Waals surface area contributed by atoms with Crippen molar-refractivity contribution in [2.75, 3.05) is 0 Å². The molecule has 20 heavy (non-hydrogen) atoms. The molecule has 0 aromatic heterocycles. The number of allylic oxidation sites excluding steroid dienone is 1. The molecule has 0 saturated carbocycles. The van der Waals surface area contributed by atoms with Gasteiger partial charge in [0.05, 0.1) is 0 Å². The van der Waals surface area contributed by atoms with E-state index in [1.54, 1.807) is 0 Å². The van der Waals surface area contributed by atoms with Gasteiger partial charge in [-0.05, 0) is 51.9 Å². The molecule has 0 spiro atoms. The SMILES string of the molecule is C(=C1/CCc2cc3ccccc3cc21)/c1ccccc1. The lowest BCUT2D eigenvalue weighted by Crippen LogP contribution is -1.83. The van der Waals surface area contributed by atoms with Crippen molar-refractivity contribution in [1.82, 2.24) is 0 Å². The van der Waals surface area contributed by atoms with E-state index in [1.165, 1.54) is 39.5 Å². The first-order valence-corrected chi connectivity index (χ1v) is 7.18. The fourth-order valence-electron chi connectivity index (χ4n) is 3.10. The summed E-state index contributed by atoms with van der Waals surface area (Å²) < 4.78 is 0. The molecule has 0 bridgehead atoms. The predicted molar refractivity (Wildman–Crippen MR) is 86.6 cm³/mol. The van der Waals surface area contributed by atoms with Gasteiger partial charge in [-0.2, -0.15) is 0 Å².